The van der Waals surface area contributed by atoms with Crippen LogP contribution >= 0.6 is 0 Å². The van der Waals surface area contributed by atoms with Crippen LogP contribution in [0.3, 0.4) is 0 Å². The summed E-state index contributed by atoms with van der Waals surface area (Å²) in [6.45, 7) is 4.12. The highest BCUT2D eigenvalue weighted by Gasteiger charge is 2.25. The van der Waals surface area contributed by atoms with Gasteiger partial charge in [-0.1, -0.05) is 0 Å². The summed E-state index contributed by atoms with van der Waals surface area (Å²) in [6.07, 6.45) is 6.14. The van der Waals surface area contributed by atoms with Gasteiger partial charge in [-0.05, 0) is 31.7 Å². The highest BCUT2D eigenvalue weighted by Crippen LogP contribution is 2.31. The second-order valence-electron chi connectivity index (χ2n) is 4.29. The Kier molecular flexibility index (Phi) is 3.08. The minimum atomic E-state index is 0.117. The summed E-state index contributed by atoms with van der Waals surface area (Å²) < 4.78 is 0. The normalized spacial score (nSPS) is 14.8. The molecule has 4 heteroatoms. The van der Waals surface area contributed by atoms with Gasteiger partial charge in [0.05, 0.1) is 11.9 Å². The SMILES string of the molecule is CCN(CC1CC1)c1cnccc1C(=N)N. The molecule has 1 fully saturated rings. The van der Waals surface area contributed by atoms with Crippen LogP contribution in [0.5, 0.6) is 0 Å². The number of rotatable bonds is 5. The van der Waals surface area contributed by atoms with E-state index in [1.165, 1.54) is 12.8 Å². The van der Waals surface area contributed by atoms with E-state index in [-0.39, 0.29) is 5.84 Å². The first-order valence-electron chi connectivity index (χ1n) is 5.75. The van der Waals surface area contributed by atoms with Gasteiger partial charge in [-0.15, -0.1) is 0 Å². The zero-order valence-corrected chi connectivity index (χ0v) is 9.61. The van der Waals surface area contributed by atoms with Crippen LogP contribution in [0.2, 0.25) is 0 Å². The summed E-state index contributed by atoms with van der Waals surface area (Å²) in [5, 5.41) is 7.57. The molecule has 1 aromatic heterocycles. The lowest BCUT2D eigenvalue weighted by atomic mass is 10.2. The monoisotopic (exact) mass is 218 g/mol. The third-order valence-electron chi connectivity index (χ3n) is 2.99. The van der Waals surface area contributed by atoms with Crippen molar-refractivity contribution in [2.24, 2.45) is 11.7 Å². The molecule has 0 radical (unpaired) electrons. The van der Waals surface area contributed by atoms with Crippen LogP contribution in [-0.2, 0) is 0 Å². The van der Waals surface area contributed by atoms with Gasteiger partial charge in [0, 0.05) is 24.8 Å². The Bertz CT molecular complexity index is 384. The molecule has 86 valence electrons. The van der Waals surface area contributed by atoms with Gasteiger partial charge in [0.15, 0.2) is 0 Å². The van der Waals surface area contributed by atoms with E-state index in [9.17, 15) is 0 Å². The van der Waals surface area contributed by atoms with Crippen molar-refractivity contribution < 1.29 is 0 Å². The van der Waals surface area contributed by atoms with Crippen molar-refractivity contribution in [3.63, 3.8) is 0 Å². The molecule has 1 aromatic rings. The van der Waals surface area contributed by atoms with Crippen LogP contribution < -0.4 is 10.6 Å². The highest BCUT2D eigenvalue weighted by atomic mass is 15.1. The maximum absolute atomic E-state index is 7.57. The molecule has 0 aromatic carbocycles. The second kappa shape index (κ2) is 4.51. The lowest BCUT2D eigenvalue weighted by Gasteiger charge is -2.24. The Morgan fingerprint density at radius 1 is 1.62 bits per heavy atom. The summed E-state index contributed by atoms with van der Waals surface area (Å²) in [6, 6.07) is 1.81. The topological polar surface area (TPSA) is 66.0 Å². The highest BCUT2D eigenvalue weighted by molar-refractivity contribution is 6.00. The molecule has 0 aliphatic heterocycles. The van der Waals surface area contributed by atoms with Crippen molar-refractivity contribution in [2.45, 2.75) is 19.8 Å². The number of hydrogen-bond acceptors (Lipinski definition) is 3. The number of nitrogens with two attached hydrogens (primary N) is 1. The second-order valence-corrected chi connectivity index (χ2v) is 4.29. The van der Waals surface area contributed by atoms with Crippen molar-refractivity contribution in [3.8, 4) is 0 Å². The minimum Gasteiger partial charge on any atom is -0.384 e. The number of nitrogens with one attached hydrogen (secondary N) is 1. The van der Waals surface area contributed by atoms with Gasteiger partial charge < -0.3 is 10.6 Å². The van der Waals surface area contributed by atoms with E-state index >= 15 is 0 Å². The Hall–Kier alpha value is -1.58. The number of nitrogens with zero attached hydrogens (tertiary/aromatic N) is 2. The van der Waals surface area contributed by atoms with Crippen LogP contribution in [-0.4, -0.2) is 23.9 Å². The Morgan fingerprint density at radius 2 is 2.38 bits per heavy atom. The van der Waals surface area contributed by atoms with E-state index in [4.69, 9.17) is 11.1 Å². The van der Waals surface area contributed by atoms with Crippen LogP contribution in [0.1, 0.15) is 25.3 Å². The lowest BCUT2D eigenvalue weighted by molar-refractivity contribution is 0.740. The van der Waals surface area contributed by atoms with Crippen molar-refractivity contribution in [1.82, 2.24) is 4.98 Å². The summed E-state index contributed by atoms with van der Waals surface area (Å²) in [4.78, 5) is 6.40. The Balaban J connectivity index is 2.24. The van der Waals surface area contributed by atoms with E-state index in [1.807, 2.05) is 12.3 Å². The molecule has 0 spiro atoms. The fourth-order valence-corrected chi connectivity index (χ4v) is 1.88. The molecule has 1 saturated carbocycles. The van der Waals surface area contributed by atoms with Crippen LogP contribution in [0, 0.1) is 11.3 Å². The lowest BCUT2D eigenvalue weighted by Crippen LogP contribution is -2.28. The Labute approximate surface area is 96.0 Å². The van der Waals surface area contributed by atoms with Gasteiger partial charge in [0.1, 0.15) is 5.84 Å². The maximum atomic E-state index is 7.57. The van der Waals surface area contributed by atoms with Crippen LogP contribution in [0.4, 0.5) is 5.69 Å². The summed E-state index contributed by atoms with van der Waals surface area (Å²) in [5.74, 6) is 0.937. The predicted octanol–water partition coefficient (Wildman–Crippen LogP) is 1.60. The molecule has 16 heavy (non-hydrogen) atoms. The van der Waals surface area contributed by atoms with Gasteiger partial charge in [0.2, 0.25) is 0 Å². The molecular weight excluding hydrogens is 200 g/mol. The summed E-state index contributed by atoms with van der Waals surface area (Å²) in [5.41, 5.74) is 7.36. The molecule has 1 heterocycles. The fourth-order valence-electron chi connectivity index (χ4n) is 1.88. The van der Waals surface area contributed by atoms with Gasteiger partial charge in [0.25, 0.3) is 0 Å². The predicted molar refractivity (Wildman–Crippen MR) is 65.9 cm³/mol. The number of aromatic nitrogens is 1. The third kappa shape index (κ3) is 2.32. The van der Waals surface area contributed by atoms with Crippen molar-refractivity contribution in [3.05, 3.63) is 24.0 Å². The molecule has 1 aliphatic rings. The van der Waals surface area contributed by atoms with Crippen molar-refractivity contribution in [1.29, 1.82) is 5.41 Å². The molecule has 0 atom stereocenters. The van der Waals surface area contributed by atoms with Crippen molar-refractivity contribution >= 4 is 11.5 Å². The number of nitrogen functional groups attached to an aromatic ring is 1. The summed E-state index contributed by atoms with van der Waals surface area (Å²) >= 11 is 0. The molecule has 1 aliphatic carbocycles. The van der Waals surface area contributed by atoms with Crippen molar-refractivity contribution in [2.75, 3.05) is 18.0 Å². The van der Waals surface area contributed by atoms with Crippen LogP contribution in [0.25, 0.3) is 0 Å². The first-order chi connectivity index (χ1) is 7.72. The van der Waals surface area contributed by atoms with Crippen LogP contribution in [0.15, 0.2) is 18.5 Å². The average Bonchev–Trinajstić information content (AvgIpc) is 3.09. The number of hydrogen-bond donors (Lipinski definition) is 2. The van der Waals surface area contributed by atoms with E-state index < -0.39 is 0 Å². The first kappa shape index (κ1) is 10.9. The maximum Gasteiger partial charge on any atom is 0.125 e. The number of amidine groups is 1. The fraction of sp³-hybridized carbons (Fsp3) is 0.500. The first-order valence-corrected chi connectivity index (χ1v) is 5.75. The van der Waals surface area contributed by atoms with E-state index in [1.54, 1.807) is 6.20 Å². The van der Waals surface area contributed by atoms with Gasteiger partial charge in [-0.25, -0.2) is 0 Å². The molecule has 3 N–H and O–H groups in total. The van der Waals surface area contributed by atoms with E-state index in [0.717, 1.165) is 30.3 Å². The molecule has 0 bridgehead atoms. The average molecular weight is 218 g/mol. The molecular formula is C12H18N4. The molecule has 4 nitrogen and oxygen atoms in total. The molecule has 2 rings (SSSR count). The number of anilines is 1. The zero-order valence-electron chi connectivity index (χ0n) is 9.61. The van der Waals surface area contributed by atoms with Gasteiger partial charge in [-0.2, -0.15) is 0 Å². The molecule has 0 amide bonds. The molecule has 0 unspecified atom stereocenters. The third-order valence-corrected chi connectivity index (χ3v) is 2.99. The quantitative estimate of drug-likeness (QED) is 0.582. The largest absolute Gasteiger partial charge is 0.384 e. The summed E-state index contributed by atoms with van der Waals surface area (Å²) in [7, 11) is 0. The Morgan fingerprint density at radius 3 is 2.94 bits per heavy atom. The standard InChI is InChI=1S/C12H18N4/c1-2-16(8-9-3-4-9)11-7-15-6-5-10(11)12(13)14/h5-7,9H,2-4,8H2,1H3,(H3,13,14). The minimum absolute atomic E-state index is 0.117. The number of pyridine rings is 1. The van der Waals surface area contributed by atoms with E-state index in [0.29, 0.717) is 0 Å². The zero-order chi connectivity index (χ0) is 11.5. The molecule has 0 saturated heterocycles. The van der Waals surface area contributed by atoms with Gasteiger partial charge in [-0.3, -0.25) is 10.4 Å². The van der Waals surface area contributed by atoms with E-state index in [2.05, 4.69) is 16.8 Å². The van der Waals surface area contributed by atoms with Gasteiger partial charge >= 0.3 is 0 Å². The smallest absolute Gasteiger partial charge is 0.125 e.